The molecule has 0 radical (unpaired) electrons. The number of hydrogen-bond acceptors (Lipinski definition) is 5. The number of carbonyl (C=O) groups excluding carboxylic acids is 2. The number of nitrogens with zero attached hydrogens (tertiary/aromatic N) is 2. The van der Waals surface area contributed by atoms with E-state index in [9.17, 15) is 9.59 Å². The molecule has 0 aromatic heterocycles. The van der Waals surface area contributed by atoms with Gasteiger partial charge in [0.15, 0.2) is 0 Å². The fourth-order valence-corrected chi connectivity index (χ4v) is 2.89. The second-order valence-corrected chi connectivity index (χ2v) is 5.76. The molecule has 0 saturated carbocycles. The van der Waals surface area contributed by atoms with Gasteiger partial charge in [-0.1, -0.05) is 6.92 Å². The van der Waals surface area contributed by atoms with Crippen molar-refractivity contribution in [3.63, 3.8) is 0 Å². The summed E-state index contributed by atoms with van der Waals surface area (Å²) in [7, 11) is 0. The molecule has 2 rings (SSSR count). The molecule has 0 bridgehead atoms. The lowest BCUT2D eigenvalue weighted by atomic mass is 10.2. The number of imide groups is 1. The molecule has 8 heteroatoms. The van der Waals surface area contributed by atoms with Crippen LogP contribution in [-0.4, -0.2) is 80.1 Å². The van der Waals surface area contributed by atoms with Gasteiger partial charge in [-0.05, 0) is 19.4 Å². The van der Waals surface area contributed by atoms with E-state index in [1.54, 1.807) is 0 Å². The van der Waals surface area contributed by atoms with Gasteiger partial charge in [-0.15, -0.1) is 12.4 Å². The highest BCUT2D eigenvalue weighted by Crippen LogP contribution is 2.11. The Morgan fingerprint density at radius 2 is 1.95 bits per heavy atom. The quantitative estimate of drug-likeness (QED) is 0.639. The Morgan fingerprint density at radius 1 is 1.23 bits per heavy atom. The third kappa shape index (κ3) is 6.08. The molecule has 1 unspecified atom stereocenters. The van der Waals surface area contributed by atoms with E-state index in [0.29, 0.717) is 19.1 Å². The summed E-state index contributed by atoms with van der Waals surface area (Å²) in [5.74, 6) is -0.223. The third-order valence-corrected chi connectivity index (χ3v) is 4.11. The lowest BCUT2D eigenvalue weighted by Crippen LogP contribution is -2.53. The van der Waals surface area contributed by atoms with E-state index in [0.717, 1.165) is 45.7 Å². The molecule has 2 heterocycles. The molecule has 128 valence electrons. The smallest absolute Gasteiger partial charge is 0.321 e. The monoisotopic (exact) mass is 333 g/mol. The van der Waals surface area contributed by atoms with Crippen LogP contribution in [0.15, 0.2) is 0 Å². The Bertz CT molecular complexity index is 355. The highest BCUT2D eigenvalue weighted by molar-refractivity contribution is 5.95. The van der Waals surface area contributed by atoms with Crippen molar-refractivity contribution in [2.24, 2.45) is 0 Å². The SMILES string of the molecule is CCCNC(=O)NC(=O)CN1CCN(C2CCNC2)CC1.Cl. The minimum Gasteiger partial charge on any atom is -0.338 e. The van der Waals surface area contributed by atoms with E-state index in [-0.39, 0.29) is 18.3 Å². The van der Waals surface area contributed by atoms with E-state index < -0.39 is 6.03 Å². The summed E-state index contributed by atoms with van der Waals surface area (Å²) >= 11 is 0. The molecular formula is C14H28ClN5O2. The zero-order valence-corrected chi connectivity index (χ0v) is 14.1. The van der Waals surface area contributed by atoms with Gasteiger partial charge >= 0.3 is 6.03 Å². The number of carbonyl (C=O) groups is 2. The van der Waals surface area contributed by atoms with Gasteiger partial charge < -0.3 is 10.6 Å². The van der Waals surface area contributed by atoms with Crippen LogP contribution in [0.25, 0.3) is 0 Å². The lowest BCUT2D eigenvalue weighted by molar-refractivity contribution is -0.121. The number of piperazine rings is 1. The summed E-state index contributed by atoms with van der Waals surface area (Å²) in [4.78, 5) is 27.8. The van der Waals surface area contributed by atoms with Crippen molar-refractivity contribution in [3.05, 3.63) is 0 Å². The molecule has 7 nitrogen and oxygen atoms in total. The molecule has 0 aromatic carbocycles. The summed E-state index contributed by atoms with van der Waals surface area (Å²) in [5.41, 5.74) is 0. The summed E-state index contributed by atoms with van der Waals surface area (Å²) in [6.07, 6.45) is 2.08. The first kappa shape index (κ1) is 19.2. The second-order valence-electron chi connectivity index (χ2n) is 5.76. The average Bonchev–Trinajstić information content (AvgIpc) is 3.00. The largest absolute Gasteiger partial charge is 0.338 e. The van der Waals surface area contributed by atoms with Gasteiger partial charge in [-0.25, -0.2) is 4.79 Å². The van der Waals surface area contributed by atoms with Gasteiger partial charge in [-0.3, -0.25) is 19.9 Å². The van der Waals surface area contributed by atoms with E-state index in [4.69, 9.17) is 0 Å². The van der Waals surface area contributed by atoms with Crippen LogP contribution in [0.2, 0.25) is 0 Å². The first-order valence-corrected chi connectivity index (χ1v) is 7.94. The Balaban J connectivity index is 0.00000242. The molecule has 2 saturated heterocycles. The zero-order chi connectivity index (χ0) is 15.1. The van der Waals surface area contributed by atoms with Crippen LogP contribution in [0.4, 0.5) is 4.79 Å². The van der Waals surface area contributed by atoms with Gasteiger partial charge in [0.2, 0.25) is 5.91 Å². The standard InChI is InChI=1S/C14H27N5O2.ClH/c1-2-4-16-14(21)17-13(20)11-18-6-8-19(9-7-18)12-3-5-15-10-12;/h12,15H,2-11H2,1H3,(H2,16,17,20,21);1H. The zero-order valence-electron chi connectivity index (χ0n) is 13.3. The molecule has 0 aromatic rings. The van der Waals surface area contributed by atoms with Gasteiger partial charge in [0, 0.05) is 45.3 Å². The van der Waals surface area contributed by atoms with Gasteiger partial charge in [0.1, 0.15) is 0 Å². The minimum absolute atomic E-state index is 0. The fraction of sp³-hybridized carbons (Fsp3) is 0.857. The van der Waals surface area contributed by atoms with E-state index >= 15 is 0 Å². The maximum absolute atomic E-state index is 11.8. The third-order valence-electron chi connectivity index (χ3n) is 4.11. The molecule has 3 amide bonds. The average molecular weight is 334 g/mol. The van der Waals surface area contributed by atoms with Crippen LogP contribution >= 0.6 is 12.4 Å². The van der Waals surface area contributed by atoms with E-state index in [2.05, 4.69) is 25.8 Å². The van der Waals surface area contributed by atoms with Gasteiger partial charge in [0.05, 0.1) is 6.54 Å². The van der Waals surface area contributed by atoms with Crippen molar-refractivity contribution in [1.82, 2.24) is 25.8 Å². The highest BCUT2D eigenvalue weighted by Gasteiger charge is 2.26. The Morgan fingerprint density at radius 3 is 2.55 bits per heavy atom. The number of halogens is 1. The number of amides is 3. The first-order valence-electron chi connectivity index (χ1n) is 7.94. The maximum atomic E-state index is 11.8. The topological polar surface area (TPSA) is 76.7 Å². The van der Waals surface area contributed by atoms with Crippen LogP contribution in [0.5, 0.6) is 0 Å². The molecular weight excluding hydrogens is 306 g/mol. The first-order chi connectivity index (χ1) is 10.2. The normalized spacial score (nSPS) is 22.9. The van der Waals surface area contributed by atoms with Crippen molar-refractivity contribution < 1.29 is 9.59 Å². The van der Waals surface area contributed by atoms with Crippen molar-refractivity contribution in [2.45, 2.75) is 25.8 Å². The van der Waals surface area contributed by atoms with Crippen molar-refractivity contribution >= 4 is 24.3 Å². The van der Waals surface area contributed by atoms with Gasteiger partial charge in [0.25, 0.3) is 0 Å². The van der Waals surface area contributed by atoms with Crippen molar-refractivity contribution in [2.75, 3.05) is 52.4 Å². The highest BCUT2D eigenvalue weighted by atomic mass is 35.5. The summed E-state index contributed by atoms with van der Waals surface area (Å²) in [6, 6.07) is 0.262. The van der Waals surface area contributed by atoms with E-state index in [1.165, 1.54) is 6.42 Å². The van der Waals surface area contributed by atoms with Gasteiger partial charge in [-0.2, -0.15) is 0 Å². The second kappa shape index (κ2) is 9.99. The number of rotatable bonds is 5. The maximum Gasteiger partial charge on any atom is 0.321 e. The molecule has 2 aliphatic rings. The summed E-state index contributed by atoms with van der Waals surface area (Å²) < 4.78 is 0. The van der Waals surface area contributed by atoms with E-state index in [1.807, 2.05) is 6.92 Å². The summed E-state index contributed by atoms with van der Waals surface area (Å²) in [5, 5.41) is 8.40. The Hall–Kier alpha value is -0.890. The molecule has 2 fully saturated rings. The molecule has 0 spiro atoms. The molecule has 2 aliphatic heterocycles. The number of nitrogens with one attached hydrogen (secondary N) is 3. The van der Waals surface area contributed by atoms with Crippen LogP contribution in [0, 0.1) is 0 Å². The summed E-state index contributed by atoms with van der Waals surface area (Å²) in [6.45, 7) is 8.84. The minimum atomic E-state index is -0.391. The molecule has 3 N–H and O–H groups in total. The number of urea groups is 1. The molecule has 1 atom stereocenters. The molecule has 0 aliphatic carbocycles. The predicted molar refractivity (Wildman–Crippen MR) is 88.4 cm³/mol. The predicted octanol–water partition coefficient (Wildman–Crippen LogP) is -0.376. The Kier molecular flexibility index (Phi) is 8.70. The van der Waals surface area contributed by atoms with Crippen LogP contribution in [0.3, 0.4) is 0 Å². The molecule has 22 heavy (non-hydrogen) atoms. The lowest BCUT2D eigenvalue weighted by Gasteiger charge is -2.37. The number of hydrogen-bond donors (Lipinski definition) is 3. The van der Waals surface area contributed by atoms with Crippen molar-refractivity contribution in [3.8, 4) is 0 Å². The fourth-order valence-electron chi connectivity index (χ4n) is 2.89. The van der Waals surface area contributed by atoms with Crippen LogP contribution in [-0.2, 0) is 4.79 Å². The van der Waals surface area contributed by atoms with Crippen LogP contribution in [0.1, 0.15) is 19.8 Å². The van der Waals surface area contributed by atoms with Crippen LogP contribution < -0.4 is 16.0 Å². The Labute approximate surface area is 138 Å². The van der Waals surface area contributed by atoms with Crippen molar-refractivity contribution in [1.29, 1.82) is 0 Å².